The Balaban J connectivity index is 1.58. The molecule has 2 heterocycles. The summed E-state index contributed by atoms with van der Waals surface area (Å²) < 4.78 is 0. The van der Waals surface area contributed by atoms with E-state index in [0.29, 0.717) is 11.8 Å². The molecule has 0 radical (unpaired) electrons. The summed E-state index contributed by atoms with van der Waals surface area (Å²) in [6.07, 6.45) is 6.79. The smallest absolute Gasteiger partial charge is 0.254 e. The lowest BCUT2D eigenvalue weighted by molar-refractivity contribution is 0.100. The van der Waals surface area contributed by atoms with E-state index in [1.54, 1.807) is 0 Å². The van der Waals surface area contributed by atoms with E-state index in [0.717, 1.165) is 50.9 Å². The van der Waals surface area contributed by atoms with Crippen molar-refractivity contribution in [3.63, 3.8) is 0 Å². The zero-order valence-corrected chi connectivity index (χ0v) is 16.8. The summed E-state index contributed by atoms with van der Waals surface area (Å²) in [5.41, 5.74) is 15.6. The number of anilines is 3. The molecule has 1 aromatic carbocycles. The summed E-state index contributed by atoms with van der Waals surface area (Å²) in [5, 5.41) is 6.60. The maximum absolute atomic E-state index is 11.9. The van der Waals surface area contributed by atoms with Crippen molar-refractivity contribution in [1.29, 1.82) is 0 Å². The van der Waals surface area contributed by atoms with Crippen molar-refractivity contribution in [2.45, 2.75) is 50.7 Å². The summed E-state index contributed by atoms with van der Waals surface area (Å²) >= 11 is 0. The number of amides is 1. The fraction of sp³-hybridized carbons (Fsp3) is 0.476. The highest BCUT2D eigenvalue weighted by molar-refractivity contribution is 5.98. The van der Waals surface area contributed by atoms with Crippen molar-refractivity contribution in [3.8, 4) is 0 Å². The number of nitrogens with zero attached hydrogens (tertiary/aromatic N) is 3. The minimum absolute atomic E-state index is 0.0808. The Bertz CT molecular complexity index is 901. The quantitative estimate of drug-likeness (QED) is 0.610. The van der Waals surface area contributed by atoms with Crippen molar-refractivity contribution in [2.75, 3.05) is 24.2 Å². The van der Waals surface area contributed by atoms with Gasteiger partial charge >= 0.3 is 0 Å². The molecule has 154 valence electrons. The van der Waals surface area contributed by atoms with Gasteiger partial charge in [0.05, 0.1) is 0 Å². The second-order valence-corrected chi connectivity index (χ2v) is 8.12. The number of likely N-dealkylation sites (N-methyl/N-ethyl adjacent to an activating group) is 1. The van der Waals surface area contributed by atoms with Gasteiger partial charge in [0.2, 0.25) is 5.95 Å². The molecule has 1 amide bonds. The molecule has 2 aromatic rings. The summed E-state index contributed by atoms with van der Waals surface area (Å²) in [6.45, 7) is 1.97. The molecule has 0 saturated heterocycles. The van der Waals surface area contributed by atoms with Gasteiger partial charge in [0.1, 0.15) is 11.4 Å². The minimum Gasteiger partial charge on any atom is -0.365 e. The maximum Gasteiger partial charge on any atom is 0.254 e. The first-order chi connectivity index (χ1) is 14.0. The Kier molecular flexibility index (Phi) is 5.64. The van der Waals surface area contributed by atoms with Gasteiger partial charge in [-0.25, -0.2) is 4.98 Å². The number of benzene rings is 1. The van der Waals surface area contributed by atoms with E-state index in [9.17, 15) is 4.79 Å². The van der Waals surface area contributed by atoms with Crippen LogP contribution < -0.4 is 22.1 Å². The average Bonchev–Trinajstić information content (AvgIpc) is 2.69. The van der Waals surface area contributed by atoms with Crippen LogP contribution in [0.3, 0.4) is 0 Å². The Labute approximate surface area is 171 Å². The first kappa shape index (κ1) is 19.6. The van der Waals surface area contributed by atoms with E-state index >= 15 is 0 Å². The van der Waals surface area contributed by atoms with Gasteiger partial charge in [-0.05, 0) is 49.6 Å². The molecule has 1 aliphatic heterocycles. The molecule has 8 heteroatoms. The zero-order valence-electron chi connectivity index (χ0n) is 16.8. The molecule has 1 fully saturated rings. The molecule has 0 spiro atoms. The molecule has 4 rings (SSSR count). The number of aromatic nitrogens is 2. The Morgan fingerprint density at radius 2 is 2.07 bits per heavy atom. The van der Waals surface area contributed by atoms with Crippen molar-refractivity contribution in [2.24, 2.45) is 11.5 Å². The molecular weight excluding hydrogens is 366 g/mol. The lowest BCUT2D eigenvalue weighted by Crippen LogP contribution is -2.43. The zero-order chi connectivity index (χ0) is 20.4. The van der Waals surface area contributed by atoms with E-state index in [-0.39, 0.29) is 17.6 Å². The van der Waals surface area contributed by atoms with Gasteiger partial charge in [-0.2, -0.15) is 4.98 Å². The summed E-state index contributed by atoms with van der Waals surface area (Å²) in [6, 6.07) is 6.48. The van der Waals surface area contributed by atoms with E-state index in [4.69, 9.17) is 11.5 Å². The first-order valence-electron chi connectivity index (χ1n) is 10.3. The lowest BCUT2D eigenvalue weighted by atomic mass is 9.91. The SMILES string of the molecule is CN1CCc2ccc(Nc3nc(N[C@@H]4CCCC[C@@H]4N)ncc3C(N)=O)cc2C1. The number of hydrogen-bond donors (Lipinski definition) is 4. The Morgan fingerprint density at radius 1 is 1.24 bits per heavy atom. The Morgan fingerprint density at radius 3 is 2.86 bits per heavy atom. The van der Waals surface area contributed by atoms with Gasteiger partial charge in [-0.1, -0.05) is 18.9 Å². The topological polar surface area (TPSA) is 122 Å². The van der Waals surface area contributed by atoms with Crippen molar-refractivity contribution in [1.82, 2.24) is 14.9 Å². The van der Waals surface area contributed by atoms with Crippen LogP contribution in [0.2, 0.25) is 0 Å². The van der Waals surface area contributed by atoms with Gasteiger partial charge in [0.25, 0.3) is 5.91 Å². The predicted octanol–water partition coefficient (Wildman–Crippen LogP) is 1.99. The number of carbonyl (C=O) groups excluding carboxylic acids is 1. The average molecular weight is 396 g/mol. The van der Waals surface area contributed by atoms with Gasteiger partial charge in [-0.15, -0.1) is 0 Å². The van der Waals surface area contributed by atoms with Crippen LogP contribution in [0.5, 0.6) is 0 Å². The van der Waals surface area contributed by atoms with E-state index < -0.39 is 5.91 Å². The number of carbonyl (C=O) groups is 1. The molecule has 2 atom stereocenters. The third-order valence-corrected chi connectivity index (χ3v) is 5.86. The van der Waals surface area contributed by atoms with Crippen LogP contribution in [0.15, 0.2) is 24.4 Å². The molecule has 29 heavy (non-hydrogen) atoms. The third-order valence-electron chi connectivity index (χ3n) is 5.86. The number of rotatable bonds is 5. The summed E-state index contributed by atoms with van der Waals surface area (Å²) in [7, 11) is 2.12. The van der Waals surface area contributed by atoms with Crippen molar-refractivity contribution >= 4 is 23.4 Å². The highest BCUT2D eigenvalue weighted by Gasteiger charge is 2.23. The molecule has 1 aliphatic carbocycles. The third kappa shape index (κ3) is 4.49. The highest BCUT2D eigenvalue weighted by Crippen LogP contribution is 2.26. The fourth-order valence-electron chi connectivity index (χ4n) is 4.14. The molecule has 0 bridgehead atoms. The first-order valence-corrected chi connectivity index (χ1v) is 10.3. The minimum atomic E-state index is -0.564. The molecule has 1 saturated carbocycles. The van der Waals surface area contributed by atoms with Crippen LogP contribution in [0.1, 0.15) is 47.2 Å². The number of fused-ring (bicyclic) bond motifs is 1. The second-order valence-electron chi connectivity index (χ2n) is 8.12. The maximum atomic E-state index is 11.9. The number of nitrogens with one attached hydrogen (secondary N) is 2. The van der Waals surface area contributed by atoms with Crippen LogP contribution in [-0.2, 0) is 13.0 Å². The highest BCUT2D eigenvalue weighted by atomic mass is 16.1. The molecular formula is C21H29N7O. The molecule has 0 unspecified atom stereocenters. The normalized spacial score (nSPS) is 22.0. The Hall–Kier alpha value is -2.71. The molecule has 2 aliphatic rings. The second kappa shape index (κ2) is 8.34. The van der Waals surface area contributed by atoms with E-state index in [1.165, 1.54) is 17.3 Å². The monoisotopic (exact) mass is 395 g/mol. The van der Waals surface area contributed by atoms with Gasteiger partial charge in [-0.3, -0.25) is 4.79 Å². The van der Waals surface area contributed by atoms with Crippen molar-refractivity contribution < 1.29 is 4.79 Å². The van der Waals surface area contributed by atoms with Gasteiger partial charge < -0.3 is 27.0 Å². The van der Waals surface area contributed by atoms with Crippen LogP contribution in [0, 0.1) is 0 Å². The van der Waals surface area contributed by atoms with Crippen LogP contribution >= 0.6 is 0 Å². The van der Waals surface area contributed by atoms with Crippen LogP contribution in [0.4, 0.5) is 17.5 Å². The summed E-state index contributed by atoms with van der Waals surface area (Å²) in [4.78, 5) is 23.0. The fourth-order valence-corrected chi connectivity index (χ4v) is 4.14. The number of nitrogens with two attached hydrogens (primary N) is 2. The number of hydrogen-bond acceptors (Lipinski definition) is 7. The molecule has 1 aromatic heterocycles. The molecule has 6 N–H and O–H groups in total. The lowest BCUT2D eigenvalue weighted by Gasteiger charge is -2.29. The summed E-state index contributed by atoms with van der Waals surface area (Å²) in [5.74, 6) is 0.298. The largest absolute Gasteiger partial charge is 0.365 e. The van der Waals surface area contributed by atoms with Crippen LogP contribution in [-0.4, -0.2) is 46.5 Å². The van der Waals surface area contributed by atoms with Gasteiger partial charge in [0.15, 0.2) is 0 Å². The predicted molar refractivity (Wildman–Crippen MR) is 114 cm³/mol. The van der Waals surface area contributed by atoms with Crippen LogP contribution in [0.25, 0.3) is 0 Å². The van der Waals surface area contributed by atoms with Crippen molar-refractivity contribution in [3.05, 3.63) is 41.1 Å². The van der Waals surface area contributed by atoms with Gasteiger partial charge in [0, 0.05) is 37.1 Å². The molecule has 8 nitrogen and oxygen atoms in total. The van der Waals surface area contributed by atoms with E-state index in [1.807, 2.05) is 6.07 Å². The van der Waals surface area contributed by atoms with E-state index in [2.05, 4.69) is 44.7 Å². The standard InChI is InChI=1S/C21H29N7O/c1-28-9-8-13-6-7-15(10-14(13)12-28)25-20-16(19(23)29)11-24-21(27-20)26-18-5-3-2-4-17(18)22/h6-7,10-11,17-18H,2-5,8-9,12,22H2,1H3,(H2,23,29)(H2,24,25,26,27)/t17-,18+/m0/s1. The number of primary amides is 1.